The minimum atomic E-state index is -0.655. The maximum absolute atomic E-state index is 13.2. The predicted molar refractivity (Wildman–Crippen MR) is 56.7 cm³/mol. The highest BCUT2D eigenvalue weighted by atomic mass is 19.1. The average Bonchev–Trinajstić information content (AvgIpc) is 2.27. The van der Waals surface area contributed by atoms with Crippen LogP contribution >= 0.6 is 0 Å². The van der Waals surface area contributed by atoms with Gasteiger partial charge in [-0.2, -0.15) is 0 Å². The van der Waals surface area contributed by atoms with Crippen LogP contribution in [0.3, 0.4) is 0 Å². The second-order valence-electron chi connectivity index (χ2n) is 3.43. The molecule has 2 N–H and O–H groups in total. The Morgan fingerprint density at radius 2 is 1.94 bits per heavy atom. The Balaban J connectivity index is 2.65. The standard InChI is InChI=1S/C11H14F2N2O/c1-7(14-2)11(16)15-6-8-9(12)4-3-5-10(8)13/h3-5,7,14H,6H2,1-2H3,(H,15,16). The molecule has 5 heteroatoms. The van der Waals surface area contributed by atoms with Gasteiger partial charge in [0.1, 0.15) is 11.6 Å². The Bertz CT molecular complexity index is 362. The number of hydrogen-bond donors (Lipinski definition) is 2. The van der Waals surface area contributed by atoms with E-state index in [9.17, 15) is 13.6 Å². The van der Waals surface area contributed by atoms with Gasteiger partial charge < -0.3 is 10.6 Å². The number of nitrogens with one attached hydrogen (secondary N) is 2. The van der Waals surface area contributed by atoms with Gasteiger partial charge in [-0.1, -0.05) is 6.07 Å². The molecule has 1 amide bonds. The molecule has 1 aromatic rings. The van der Waals surface area contributed by atoms with E-state index in [4.69, 9.17) is 0 Å². The van der Waals surface area contributed by atoms with Crippen molar-refractivity contribution in [1.29, 1.82) is 0 Å². The summed E-state index contributed by atoms with van der Waals surface area (Å²) in [5, 5.41) is 5.18. The van der Waals surface area contributed by atoms with Gasteiger partial charge in [-0.05, 0) is 26.1 Å². The molecule has 0 aliphatic heterocycles. The maximum atomic E-state index is 13.2. The molecule has 0 radical (unpaired) electrons. The number of carbonyl (C=O) groups excluding carboxylic acids is 1. The first kappa shape index (κ1) is 12.6. The highest BCUT2D eigenvalue weighted by Crippen LogP contribution is 2.11. The van der Waals surface area contributed by atoms with E-state index in [1.165, 1.54) is 6.07 Å². The van der Waals surface area contributed by atoms with Crippen molar-refractivity contribution in [3.8, 4) is 0 Å². The summed E-state index contributed by atoms with van der Waals surface area (Å²) >= 11 is 0. The highest BCUT2D eigenvalue weighted by Gasteiger charge is 2.12. The van der Waals surface area contributed by atoms with E-state index in [2.05, 4.69) is 10.6 Å². The monoisotopic (exact) mass is 228 g/mol. The van der Waals surface area contributed by atoms with Crippen LogP contribution in [0.5, 0.6) is 0 Å². The van der Waals surface area contributed by atoms with E-state index >= 15 is 0 Å². The van der Waals surface area contributed by atoms with Crippen molar-refractivity contribution >= 4 is 5.91 Å². The van der Waals surface area contributed by atoms with Crippen LogP contribution < -0.4 is 10.6 Å². The molecule has 0 heterocycles. The van der Waals surface area contributed by atoms with Crippen molar-refractivity contribution in [1.82, 2.24) is 10.6 Å². The van der Waals surface area contributed by atoms with Crippen LogP contribution in [-0.4, -0.2) is 19.0 Å². The molecular formula is C11H14F2N2O. The van der Waals surface area contributed by atoms with Gasteiger partial charge in [0.05, 0.1) is 6.04 Å². The lowest BCUT2D eigenvalue weighted by atomic mass is 10.2. The van der Waals surface area contributed by atoms with Gasteiger partial charge in [-0.25, -0.2) is 8.78 Å². The Hall–Kier alpha value is -1.49. The van der Waals surface area contributed by atoms with Gasteiger partial charge in [0.2, 0.25) is 5.91 Å². The largest absolute Gasteiger partial charge is 0.350 e. The van der Waals surface area contributed by atoms with Crippen LogP contribution in [0.4, 0.5) is 8.78 Å². The molecule has 1 aromatic carbocycles. The maximum Gasteiger partial charge on any atom is 0.237 e. The van der Waals surface area contributed by atoms with Crippen molar-refractivity contribution in [2.75, 3.05) is 7.05 Å². The average molecular weight is 228 g/mol. The lowest BCUT2D eigenvalue weighted by molar-refractivity contribution is -0.122. The van der Waals surface area contributed by atoms with Crippen molar-refractivity contribution in [2.24, 2.45) is 0 Å². The molecule has 0 spiro atoms. The van der Waals surface area contributed by atoms with Crippen molar-refractivity contribution in [2.45, 2.75) is 19.5 Å². The fraction of sp³-hybridized carbons (Fsp3) is 0.364. The fourth-order valence-electron chi connectivity index (χ4n) is 1.16. The lowest BCUT2D eigenvalue weighted by Crippen LogP contribution is -2.40. The quantitative estimate of drug-likeness (QED) is 0.812. The molecule has 3 nitrogen and oxygen atoms in total. The minimum absolute atomic E-state index is 0.126. The number of hydrogen-bond acceptors (Lipinski definition) is 2. The molecule has 0 aliphatic rings. The van der Waals surface area contributed by atoms with Crippen molar-refractivity contribution < 1.29 is 13.6 Å². The third-order valence-electron chi connectivity index (χ3n) is 2.33. The van der Waals surface area contributed by atoms with Gasteiger partial charge in [0.15, 0.2) is 0 Å². The van der Waals surface area contributed by atoms with Crippen molar-refractivity contribution in [3.63, 3.8) is 0 Å². The second kappa shape index (κ2) is 5.55. The van der Waals surface area contributed by atoms with Gasteiger partial charge in [0.25, 0.3) is 0 Å². The molecule has 0 saturated carbocycles. The Morgan fingerprint density at radius 1 is 1.38 bits per heavy atom. The summed E-state index contributed by atoms with van der Waals surface area (Å²) in [6, 6.07) is 3.21. The van der Waals surface area contributed by atoms with E-state index < -0.39 is 17.7 Å². The third kappa shape index (κ3) is 3.00. The molecule has 0 aromatic heterocycles. The van der Waals surface area contributed by atoms with Crippen LogP contribution in [-0.2, 0) is 11.3 Å². The molecular weight excluding hydrogens is 214 g/mol. The molecule has 1 atom stereocenters. The molecule has 1 unspecified atom stereocenters. The summed E-state index contributed by atoms with van der Waals surface area (Å²) in [5.74, 6) is -1.61. The summed E-state index contributed by atoms with van der Waals surface area (Å²) in [5.41, 5.74) is -0.126. The number of halogens is 2. The number of carbonyl (C=O) groups is 1. The SMILES string of the molecule is CNC(C)C(=O)NCc1c(F)cccc1F. The van der Waals surface area contributed by atoms with Gasteiger partial charge in [-0.3, -0.25) is 4.79 Å². The molecule has 0 fully saturated rings. The van der Waals surface area contributed by atoms with Gasteiger partial charge in [0, 0.05) is 12.1 Å². The topological polar surface area (TPSA) is 41.1 Å². The normalized spacial score (nSPS) is 12.2. The fourth-order valence-corrected chi connectivity index (χ4v) is 1.16. The van der Waals surface area contributed by atoms with E-state index in [0.29, 0.717) is 0 Å². The first-order valence-electron chi connectivity index (χ1n) is 4.94. The zero-order valence-electron chi connectivity index (χ0n) is 9.18. The zero-order chi connectivity index (χ0) is 12.1. The molecule has 0 bridgehead atoms. The molecule has 88 valence electrons. The van der Waals surface area contributed by atoms with Crippen molar-refractivity contribution in [3.05, 3.63) is 35.4 Å². The van der Waals surface area contributed by atoms with Gasteiger partial charge >= 0.3 is 0 Å². The predicted octanol–water partition coefficient (Wildman–Crippen LogP) is 1.19. The van der Waals surface area contributed by atoms with E-state index in [1.54, 1.807) is 14.0 Å². The van der Waals surface area contributed by atoms with E-state index in [-0.39, 0.29) is 18.0 Å². The lowest BCUT2D eigenvalue weighted by Gasteiger charge is -2.11. The summed E-state index contributed by atoms with van der Waals surface area (Å²) in [4.78, 5) is 11.4. The number of rotatable bonds is 4. The van der Waals surface area contributed by atoms with E-state index in [0.717, 1.165) is 12.1 Å². The summed E-state index contributed by atoms with van der Waals surface area (Å²) < 4.78 is 26.4. The first-order valence-corrected chi connectivity index (χ1v) is 4.94. The van der Waals surface area contributed by atoms with Crippen LogP contribution in [0, 0.1) is 11.6 Å². The summed E-state index contributed by atoms with van der Waals surface area (Å²) in [6.45, 7) is 1.51. The number of amides is 1. The summed E-state index contributed by atoms with van der Waals surface area (Å²) in [7, 11) is 1.63. The number of benzene rings is 1. The molecule has 0 saturated heterocycles. The smallest absolute Gasteiger partial charge is 0.237 e. The van der Waals surface area contributed by atoms with Crippen LogP contribution in [0.2, 0.25) is 0 Å². The Kier molecular flexibility index (Phi) is 4.37. The first-order chi connectivity index (χ1) is 7.56. The minimum Gasteiger partial charge on any atom is -0.350 e. The van der Waals surface area contributed by atoms with Crippen LogP contribution in [0.15, 0.2) is 18.2 Å². The molecule has 1 rings (SSSR count). The third-order valence-corrected chi connectivity index (χ3v) is 2.33. The Labute approximate surface area is 92.8 Å². The van der Waals surface area contributed by atoms with E-state index in [1.807, 2.05) is 0 Å². The second-order valence-corrected chi connectivity index (χ2v) is 3.43. The number of likely N-dealkylation sites (N-methyl/N-ethyl adjacent to an activating group) is 1. The highest BCUT2D eigenvalue weighted by molar-refractivity contribution is 5.81. The van der Waals surface area contributed by atoms with Crippen LogP contribution in [0.25, 0.3) is 0 Å². The van der Waals surface area contributed by atoms with Gasteiger partial charge in [-0.15, -0.1) is 0 Å². The van der Waals surface area contributed by atoms with Crippen LogP contribution in [0.1, 0.15) is 12.5 Å². The summed E-state index contributed by atoms with van der Waals surface area (Å²) in [6.07, 6.45) is 0. The zero-order valence-corrected chi connectivity index (χ0v) is 9.18. The molecule has 16 heavy (non-hydrogen) atoms. The molecule has 0 aliphatic carbocycles. The Morgan fingerprint density at radius 3 is 2.44 bits per heavy atom.